The molecular weight excluding hydrogens is 1090 g/mol. The zero-order valence-electron chi connectivity index (χ0n) is 49.3. The lowest BCUT2D eigenvalue weighted by atomic mass is 10.00. The second-order valence-corrected chi connectivity index (χ2v) is 21.5. The summed E-state index contributed by atoms with van der Waals surface area (Å²) < 4.78 is 0. The minimum Gasteiger partial charge on any atom is -0.391 e. The van der Waals surface area contributed by atoms with Crippen molar-refractivity contribution in [3.05, 3.63) is 35.9 Å². The van der Waals surface area contributed by atoms with Gasteiger partial charge in [0.05, 0.1) is 12.2 Å². The van der Waals surface area contributed by atoms with Gasteiger partial charge >= 0.3 is 0 Å². The number of benzene rings is 1. The van der Waals surface area contributed by atoms with Gasteiger partial charge in [-0.05, 0) is 136 Å². The van der Waals surface area contributed by atoms with E-state index in [2.05, 4.69) is 58.5 Å². The average molecular weight is 1190 g/mol. The molecule has 0 aliphatic carbocycles. The standard InChI is InChI=1S/C54H95N17O13/c1-30(2)28-40-51(81)64-35(16-22-56)45(75)63-38(19-25-59)50(80)69-43(31(3)72)53(83)60-26-20-39(48(78)62-36(17-23-57)47(77)68-41(52(82)67-40)29-33-12-8-7-9-13-33)65-46(76)37(18-24-58)66-54(84)44(32(4)73)70-49(79)34(15-21-55)61-42(74)14-10-11-27-71(5)6/h7-9,12-13,30-32,34-41,43-44,72-73H,10-11,14-29,55-59H2,1-6H3,(H,60,83)(H,61,74)(H,62,78)(H,63,75)(H,64,81)(H,65,76)(H,66,84)(H,67,82)(H,68,77)(H,69,80)(H,70,79)/t31-,32-,34+,35+,36+,37+,38+,39+,40+,41-,43+,44+/m1/s1. The van der Waals surface area contributed by atoms with Gasteiger partial charge in [-0.3, -0.25) is 52.7 Å². The van der Waals surface area contributed by atoms with E-state index in [-0.39, 0.29) is 90.0 Å². The van der Waals surface area contributed by atoms with Crippen molar-refractivity contribution in [3.63, 3.8) is 0 Å². The molecule has 30 nitrogen and oxygen atoms in total. The number of amides is 11. The summed E-state index contributed by atoms with van der Waals surface area (Å²) in [7, 11) is 3.79. The molecule has 1 aromatic carbocycles. The van der Waals surface area contributed by atoms with Crippen molar-refractivity contribution >= 4 is 65.0 Å². The van der Waals surface area contributed by atoms with E-state index in [4.69, 9.17) is 28.7 Å². The Labute approximate surface area is 491 Å². The smallest absolute Gasteiger partial charge is 0.245 e. The van der Waals surface area contributed by atoms with E-state index in [1.165, 1.54) is 13.8 Å². The van der Waals surface area contributed by atoms with Crippen LogP contribution in [0, 0.1) is 5.92 Å². The van der Waals surface area contributed by atoms with E-state index in [1.807, 2.05) is 19.0 Å². The first kappa shape index (κ1) is 73.2. The van der Waals surface area contributed by atoms with Gasteiger partial charge in [-0.2, -0.15) is 0 Å². The summed E-state index contributed by atoms with van der Waals surface area (Å²) >= 11 is 0. The second-order valence-electron chi connectivity index (χ2n) is 21.5. The first-order chi connectivity index (χ1) is 39.8. The fourth-order valence-corrected chi connectivity index (χ4v) is 8.85. The molecule has 0 bridgehead atoms. The summed E-state index contributed by atoms with van der Waals surface area (Å²) in [6, 6.07) is -6.27. The van der Waals surface area contributed by atoms with Crippen molar-refractivity contribution in [1.82, 2.24) is 63.4 Å². The fourth-order valence-electron chi connectivity index (χ4n) is 8.85. The molecule has 1 aromatic rings. The molecule has 2 rings (SSSR count). The summed E-state index contributed by atoms with van der Waals surface area (Å²) in [5, 5.41) is 49.6. The molecule has 12 atom stereocenters. The highest BCUT2D eigenvalue weighted by atomic mass is 16.3. The van der Waals surface area contributed by atoms with E-state index in [9.17, 15) is 63.0 Å². The van der Waals surface area contributed by atoms with Gasteiger partial charge in [0, 0.05) is 19.4 Å². The summed E-state index contributed by atoms with van der Waals surface area (Å²) in [6.45, 7) is 5.52. The zero-order chi connectivity index (χ0) is 63.1. The number of carbonyl (C=O) groups is 11. The van der Waals surface area contributed by atoms with Gasteiger partial charge in [0.1, 0.15) is 60.4 Å². The number of nitrogens with one attached hydrogen (secondary N) is 11. The summed E-state index contributed by atoms with van der Waals surface area (Å²) in [5.41, 5.74) is 29.9. The Morgan fingerprint density at radius 2 is 1.07 bits per heavy atom. The van der Waals surface area contributed by atoms with Crippen LogP contribution in [0.4, 0.5) is 0 Å². The molecule has 0 radical (unpaired) electrons. The SMILES string of the molecule is CC(C)C[C@@H]1NC(=O)[C@@H](Cc2ccccc2)NC(=O)[C@H](CCN)NC(=O)[C@@H](NC(=O)[C@H](CCN)NC(=O)[C@@H](NC(=O)[C@H](CCN)NC(=O)CCCCN(C)C)[C@@H](C)O)CCNC(=O)[C@H]([C@@H](C)O)NC(=O)[C@H](CCN)NC(=O)[C@H](CCN)NC1=O. The lowest BCUT2D eigenvalue weighted by Crippen LogP contribution is -2.62. The number of hydrogen-bond acceptors (Lipinski definition) is 19. The molecule has 0 saturated carbocycles. The average Bonchev–Trinajstić information content (AvgIpc) is 3.59. The first-order valence-corrected chi connectivity index (χ1v) is 28.7. The van der Waals surface area contributed by atoms with Crippen LogP contribution in [-0.2, 0) is 59.2 Å². The largest absolute Gasteiger partial charge is 0.391 e. The van der Waals surface area contributed by atoms with Crippen LogP contribution in [0.15, 0.2) is 30.3 Å². The van der Waals surface area contributed by atoms with Crippen LogP contribution < -0.4 is 87.2 Å². The highest BCUT2D eigenvalue weighted by Crippen LogP contribution is 2.12. The molecule has 1 fully saturated rings. The lowest BCUT2D eigenvalue weighted by Gasteiger charge is -2.29. The van der Waals surface area contributed by atoms with E-state index in [1.54, 1.807) is 44.2 Å². The molecule has 0 unspecified atom stereocenters. The maximum absolute atomic E-state index is 14.5. The van der Waals surface area contributed by atoms with Crippen molar-refractivity contribution < 1.29 is 63.0 Å². The fraction of sp³-hybridized carbons (Fsp3) is 0.685. The Kier molecular flexibility index (Phi) is 33.8. The van der Waals surface area contributed by atoms with Crippen LogP contribution in [0.3, 0.4) is 0 Å². The number of hydrogen-bond donors (Lipinski definition) is 18. The van der Waals surface area contributed by atoms with Gasteiger partial charge in [0.15, 0.2) is 0 Å². The predicted octanol–water partition coefficient (Wildman–Crippen LogP) is -7.12. The predicted molar refractivity (Wildman–Crippen MR) is 311 cm³/mol. The molecule has 84 heavy (non-hydrogen) atoms. The van der Waals surface area contributed by atoms with Crippen LogP contribution in [0.5, 0.6) is 0 Å². The molecule has 30 heteroatoms. The number of unbranched alkanes of at least 4 members (excludes halogenated alkanes) is 1. The number of aliphatic hydroxyl groups is 2. The number of rotatable bonds is 28. The van der Waals surface area contributed by atoms with Crippen LogP contribution in [0.1, 0.15) is 97.5 Å². The maximum atomic E-state index is 14.5. The van der Waals surface area contributed by atoms with Crippen molar-refractivity contribution in [1.29, 1.82) is 0 Å². The van der Waals surface area contributed by atoms with E-state index in [0.29, 0.717) is 18.4 Å². The van der Waals surface area contributed by atoms with Crippen molar-refractivity contribution in [2.45, 2.75) is 171 Å². The van der Waals surface area contributed by atoms with Gasteiger partial charge in [-0.15, -0.1) is 0 Å². The Hall–Kier alpha value is -6.93. The van der Waals surface area contributed by atoms with Crippen LogP contribution in [0.25, 0.3) is 0 Å². The van der Waals surface area contributed by atoms with Crippen molar-refractivity contribution in [3.8, 4) is 0 Å². The quantitative estimate of drug-likeness (QED) is 0.0347. The highest BCUT2D eigenvalue weighted by Gasteiger charge is 2.37. The number of aliphatic hydroxyl groups excluding tert-OH is 2. The number of nitrogens with zero attached hydrogens (tertiary/aromatic N) is 1. The third kappa shape index (κ3) is 26.3. The molecule has 1 heterocycles. The van der Waals surface area contributed by atoms with Crippen LogP contribution >= 0.6 is 0 Å². The van der Waals surface area contributed by atoms with Crippen molar-refractivity contribution in [2.24, 2.45) is 34.6 Å². The zero-order valence-corrected chi connectivity index (χ0v) is 49.3. The van der Waals surface area contributed by atoms with Gasteiger partial charge in [-0.1, -0.05) is 44.2 Å². The summed E-state index contributed by atoms with van der Waals surface area (Å²) in [6.07, 6.45) is -3.17. The summed E-state index contributed by atoms with van der Waals surface area (Å²) in [5.74, 6) is -10.0. The second kappa shape index (κ2) is 38.8. The Morgan fingerprint density at radius 3 is 1.57 bits per heavy atom. The molecule has 1 saturated heterocycles. The minimum atomic E-state index is -1.71. The van der Waals surface area contributed by atoms with Crippen molar-refractivity contribution in [2.75, 3.05) is 59.9 Å². The topological polar surface area (TPSA) is 494 Å². The molecule has 1 aliphatic heterocycles. The Balaban J connectivity index is 2.69. The van der Waals surface area contributed by atoms with Gasteiger partial charge < -0.3 is 102 Å². The molecule has 474 valence electrons. The monoisotopic (exact) mass is 1190 g/mol. The molecule has 11 amide bonds. The maximum Gasteiger partial charge on any atom is 0.245 e. The molecular formula is C54H95N17O13. The molecule has 0 aromatic heterocycles. The third-order valence-electron chi connectivity index (χ3n) is 13.5. The number of nitrogens with two attached hydrogens (primary N) is 5. The first-order valence-electron chi connectivity index (χ1n) is 28.7. The van der Waals surface area contributed by atoms with Gasteiger partial charge in [0.25, 0.3) is 0 Å². The highest BCUT2D eigenvalue weighted by molar-refractivity contribution is 5.99. The Morgan fingerprint density at radius 1 is 0.583 bits per heavy atom. The number of carbonyl (C=O) groups excluding carboxylic acids is 11. The van der Waals surface area contributed by atoms with Crippen LogP contribution in [0.2, 0.25) is 0 Å². The normalized spacial score (nSPS) is 22.7. The molecule has 23 N–H and O–H groups in total. The van der Waals surface area contributed by atoms with Crippen LogP contribution in [-0.4, -0.2) is 213 Å². The van der Waals surface area contributed by atoms with E-state index < -0.39 is 151 Å². The lowest BCUT2D eigenvalue weighted by molar-refractivity contribution is -0.137. The van der Waals surface area contributed by atoms with E-state index in [0.717, 1.165) is 6.54 Å². The molecule has 1 aliphatic rings. The minimum absolute atomic E-state index is 0.0264. The van der Waals surface area contributed by atoms with Gasteiger partial charge in [-0.25, -0.2) is 0 Å². The third-order valence-corrected chi connectivity index (χ3v) is 13.5. The summed E-state index contributed by atoms with van der Waals surface area (Å²) in [4.78, 5) is 156. The van der Waals surface area contributed by atoms with E-state index >= 15 is 0 Å². The molecule has 0 spiro atoms. The van der Waals surface area contributed by atoms with Gasteiger partial charge in [0.2, 0.25) is 65.0 Å². The Bertz CT molecular complexity index is 2300.